The smallest absolute Gasteiger partial charge is 0.225 e. The summed E-state index contributed by atoms with van der Waals surface area (Å²) < 4.78 is 0. The lowest BCUT2D eigenvalue weighted by Crippen LogP contribution is -2.40. The lowest BCUT2D eigenvalue weighted by atomic mass is 9.89. The Balaban J connectivity index is 1.54. The summed E-state index contributed by atoms with van der Waals surface area (Å²) in [5.74, 6) is 1.56. The molecule has 1 aliphatic carbocycles. The number of benzene rings is 1. The van der Waals surface area contributed by atoms with E-state index >= 15 is 0 Å². The minimum absolute atomic E-state index is 0.222. The van der Waals surface area contributed by atoms with Crippen LogP contribution in [0, 0.1) is 5.92 Å². The number of likely N-dealkylation sites (tertiary alicyclic amines) is 1. The van der Waals surface area contributed by atoms with Gasteiger partial charge in [0.2, 0.25) is 5.91 Å². The first-order valence-corrected chi connectivity index (χ1v) is 10.4. The molecule has 1 aliphatic heterocycles. The summed E-state index contributed by atoms with van der Waals surface area (Å²) in [5, 5.41) is 0. The molecule has 146 valence electrons. The van der Waals surface area contributed by atoms with Crippen LogP contribution in [0.4, 0.5) is 0 Å². The SMILES string of the molecule is O=C(C1CC1)N1CCCC(c2nc(-c3ccccc3)ncc2-c2ccncc2)C1. The number of rotatable bonds is 4. The molecule has 0 radical (unpaired) electrons. The van der Waals surface area contributed by atoms with Crippen LogP contribution >= 0.6 is 0 Å². The Labute approximate surface area is 170 Å². The molecule has 1 saturated carbocycles. The average molecular weight is 384 g/mol. The Bertz CT molecular complexity index is 1000. The van der Waals surface area contributed by atoms with Crippen molar-refractivity contribution in [2.24, 2.45) is 5.92 Å². The van der Waals surface area contributed by atoms with Gasteiger partial charge in [0, 0.05) is 54.6 Å². The lowest BCUT2D eigenvalue weighted by Gasteiger charge is -2.33. The van der Waals surface area contributed by atoms with Gasteiger partial charge in [0.1, 0.15) is 0 Å². The summed E-state index contributed by atoms with van der Waals surface area (Å²) in [7, 11) is 0. The zero-order chi connectivity index (χ0) is 19.6. The first kappa shape index (κ1) is 18.0. The molecule has 0 spiro atoms. The van der Waals surface area contributed by atoms with E-state index < -0.39 is 0 Å². The Morgan fingerprint density at radius 1 is 0.966 bits per heavy atom. The Morgan fingerprint density at radius 2 is 1.76 bits per heavy atom. The number of pyridine rings is 1. The quantitative estimate of drug-likeness (QED) is 0.672. The van der Waals surface area contributed by atoms with Crippen molar-refractivity contribution in [2.45, 2.75) is 31.6 Å². The summed E-state index contributed by atoms with van der Waals surface area (Å²) in [5.41, 5.74) is 4.16. The summed E-state index contributed by atoms with van der Waals surface area (Å²) in [6, 6.07) is 14.1. The standard InChI is InChI=1S/C24H24N4O/c29-24(19-8-9-19)28-14-4-7-20(16-28)22-21(17-10-12-25-13-11-17)15-26-23(27-22)18-5-2-1-3-6-18/h1-3,5-6,10-13,15,19-20H,4,7-9,14,16H2. The van der Waals surface area contributed by atoms with Crippen molar-refractivity contribution >= 4 is 5.91 Å². The first-order chi connectivity index (χ1) is 14.3. The largest absolute Gasteiger partial charge is 0.342 e. The minimum Gasteiger partial charge on any atom is -0.342 e. The highest BCUT2D eigenvalue weighted by Gasteiger charge is 2.36. The number of carbonyl (C=O) groups excluding carboxylic acids is 1. The summed E-state index contributed by atoms with van der Waals surface area (Å²) in [6.07, 6.45) is 9.69. The van der Waals surface area contributed by atoms with Gasteiger partial charge in [-0.1, -0.05) is 30.3 Å². The van der Waals surface area contributed by atoms with Crippen LogP contribution < -0.4 is 0 Å². The topological polar surface area (TPSA) is 59.0 Å². The minimum atomic E-state index is 0.222. The number of amides is 1. The predicted octanol–water partition coefficient (Wildman–Crippen LogP) is 4.32. The second-order valence-corrected chi connectivity index (χ2v) is 7.99. The molecule has 2 fully saturated rings. The highest BCUT2D eigenvalue weighted by atomic mass is 16.2. The van der Waals surface area contributed by atoms with E-state index in [4.69, 9.17) is 4.98 Å². The van der Waals surface area contributed by atoms with Gasteiger partial charge in [-0.2, -0.15) is 0 Å². The van der Waals surface area contributed by atoms with Gasteiger partial charge in [-0.3, -0.25) is 9.78 Å². The van der Waals surface area contributed by atoms with Crippen molar-refractivity contribution in [3.8, 4) is 22.5 Å². The zero-order valence-electron chi connectivity index (χ0n) is 16.4. The number of carbonyl (C=O) groups is 1. The maximum atomic E-state index is 12.7. The van der Waals surface area contributed by atoms with Crippen molar-refractivity contribution in [1.29, 1.82) is 0 Å². The molecule has 2 aromatic heterocycles. The van der Waals surface area contributed by atoms with Crippen LogP contribution in [0.5, 0.6) is 0 Å². The molecule has 29 heavy (non-hydrogen) atoms. The molecule has 3 aromatic rings. The van der Waals surface area contributed by atoms with Gasteiger partial charge in [-0.15, -0.1) is 0 Å². The lowest BCUT2D eigenvalue weighted by molar-refractivity contribution is -0.133. The summed E-state index contributed by atoms with van der Waals surface area (Å²) in [4.78, 5) is 28.6. The van der Waals surface area contributed by atoms with Gasteiger partial charge in [-0.05, 0) is 43.4 Å². The van der Waals surface area contributed by atoms with Crippen molar-refractivity contribution in [1.82, 2.24) is 19.9 Å². The van der Waals surface area contributed by atoms with E-state index in [1.165, 1.54) is 0 Å². The summed E-state index contributed by atoms with van der Waals surface area (Å²) in [6.45, 7) is 1.62. The van der Waals surface area contributed by atoms with E-state index in [1.54, 1.807) is 12.4 Å². The number of hydrogen-bond acceptors (Lipinski definition) is 4. The number of nitrogens with zero attached hydrogens (tertiary/aromatic N) is 4. The Kier molecular flexibility index (Phi) is 4.80. The van der Waals surface area contributed by atoms with Crippen LogP contribution in [0.15, 0.2) is 61.1 Å². The average Bonchev–Trinajstić information content (AvgIpc) is 3.65. The third-order valence-corrected chi connectivity index (χ3v) is 5.89. The van der Waals surface area contributed by atoms with E-state index in [2.05, 4.69) is 14.9 Å². The highest BCUT2D eigenvalue weighted by molar-refractivity contribution is 5.81. The second kappa shape index (κ2) is 7.74. The highest BCUT2D eigenvalue weighted by Crippen LogP contribution is 2.37. The van der Waals surface area contributed by atoms with Crippen molar-refractivity contribution in [3.05, 3.63) is 66.7 Å². The van der Waals surface area contributed by atoms with Gasteiger partial charge in [-0.25, -0.2) is 9.97 Å². The van der Waals surface area contributed by atoms with Gasteiger partial charge in [0.05, 0.1) is 5.69 Å². The fourth-order valence-electron chi connectivity index (χ4n) is 4.18. The Morgan fingerprint density at radius 3 is 2.52 bits per heavy atom. The predicted molar refractivity (Wildman–Crippen MR) is 112 cm³/mol. The van der Waals surface area contributed by atoms with Crippen molar-refractivity contribution < 1.29 is 4.79 Å². The molecule has 2 aliphatic rings. The van der Waals surface area contributed by atoms with E-state index in [0.717, 1.165) is 67.0 Å². The molecule has 1 amide bonds. The Hall–Kier alpha value is -3.08. The summed E-state index contributed by atoms with van der Waals surface area (Å²) >= 11 is 0. The molecule has 5 rings (SSSR count). The molecule has 0 N–H and O–H groups in total. The molecule has 1 aromatic carbocycles. The monoisotopic (exact) mass is 384 g/mol. The molecule has 0 bridgehead atoms. The molecule has 5 heteroatoms. The van der Waals surface area contributed by atoms with E-state index in [0.29, 0.717) is 5.91 Å². The zero-order valence-corrected chi connectivity index (χ0v) is 16.4. The first-order valence-electron chi connectivity index (χ1n) is 10.4. The fraction of sp³-hybridized carbons (Fsp3) is 0.333. The molecular formula is C24H24N4O. The molecule has 5 nitrogen and oxygen atoms in total. The third-order valence-electron chi connectivity index (χ3n) is 5.89. The van der Waals surface area contributed by atoms with Gasteiger partial charge >= 0.3 is 0 Å². The van der Waals surface area contributed by atoms with Crippen molar-refractivity contribution in [3.63, 3.8) is 0 Å². The van der Waals surface area contributed by atoms with Crippen LogP contribution in [0.3, 0.4) is 0 Å². The van der Waals surface area contributed by atoms with Gasteiger partial charge in [0.15, 0.2) is 5.82 Å². The van der Waals surface area contributed by atoms with Gasteiger partial charge in [0.25, 0.3) is 0 Å². The number of piperidine rings is 1. The number of hydrogen-bond donors (Lipinski definition) is 0. The van der Waals surface area contributed by atoms with Crippen LogP contribution in [0.1, 0.15) is 37.3 Å². The van der Waals surface area contributed by atoms with Crippen LogP contribution in [0.2, 0.25) is 0 Å². The van der Waals surface area contributed by atoms with E-state index in [1.807, 2.05) is 48.7 Å². The molecule has 3 heterocycles. The van der Waals surface area contributed by atoms with Crippen molar-refractivity contribution in [2.75, 3.05) is 13.1 Å². The molecule has 1 saturated heterocycles. The normalized spacial score (nSPS) is 19.2. The molecule has 1 atom stereocenters. The maximum absolute atomic E-state index is 12.7. The van der Waals surface area contributed by atoms with Crippen LogP contribution in [-0.4, -0.2) is 38.8 Å². The maximum Gasteiger partial charge on any atom is 0.225 e. The fourth-order valence-corrected chi connectivity index (χ4v) is 4.18. The van der Waals surface area contributed by atoms with E-state index in [9.17, 15) is 4.79 Å². The molecule has 1 unspecified atom stereocenters. The third kappa shape index (κ3) is 3.77. The van der Waals surface area contributed by atoms with E-state index in [-0.39, 0.29) is 11.8 Å². The second-order valence-electron chi connectivity index (χ2n) is 7.99. The van der Waals surface area contributed by atoms with Crippen LogP contribution in [-0.2, 0) is 4.79 Å². The van der Waals surface area contributed by atoms with Crippen LogP contribution in [0.25, 0.3) is 22.5 Å². The molecular weight excluding hydrogens is 360 g/mol. The number of aromatic nitrogens is 3. The van der Waals surface area contributed by atoms with Gasteiger partial charge < -0.3 is 4.90 Å².